The van der Waals surface area contributed by atoms with E-state index in [-0.39, 0.29) is 6.04 Å². The van der Waals surface area contributed by atoms with E-state index in [0.717, 1.165) is 34.4 Å². The average molecular weight is 514 g/mol. The number of alkyl halides is 3. The molecule has 8 heteroatoms. The molecule has 0 saturated carbocycles. The van der Waals surface area contributed by atoms with Crippen molar-refractivity contribution in [3.8, 4) is 11.5 Å². The molecule has 0 bridgehead atoms. The highest BCUT2D eigenvalue weighted by Crippen LogP contribution is 2.43. The molecule has 0 fully saturated rings. The Kier molecular flexibility index (Phi) is 8.07. The molecule has 1 unspecified atom stereocenters. The van der Waals surface area contributed by atoms with E-state index in [4.69, 9.17) is 14.2 Å². The molecule has 37 heavy (non-hydrogen) atoms. The Labute approximate surface area is 214 Å². The predicted octanol–water partition coefficient (Wildman–Crippen LogP) is 6.52. The van der Waals surface area contributed by atoms with Crippen LogP contribution in [0.25, 0.3) is 0 Å². The number of halogens is 3. The molecule has 0 amide bonds. The van der Waals surface area contributed by atoms with Crippen molar-refractivity contribution in [3.05, 3.63) is 94.5 Å². The van der Waals surface area contributed by atoms with E-state index in [9.17, 15) is 18.0 Å². The molecule has 4 rings (SSSR count). The molecule has 5 nitrogen and oxygen atoms in total. The van der Waals surface area contributed by atoms with Gasteiger partial charge in [-0.1, -0.05) is 42.5 Å². The van der Waals surface area contributed by atoms with Crippen LogP contribution in [-0.2, 0) is 28.5 Å². The third-order valence-corrected chi connectivity index (χ3v) is 6.70. The van der Waals surface area contributed by atoms with Crippen LogP contribution in [0.2, 0.25) is 0 Å². The lowest BCUT2D eigenvalue weighted by molar-refractivity contribution is -0.161. The summed E-state index contributed by atoms with van der Waals surface area (Å²) in [6.07, 6.45) is -3.15. The second-order valence-electron chi connectivity index (χ2n) is 9.02. The van der Waals surface area contributed by atoms with Gasteiger partial charge in [0, 0.05) is 25.1 Å². The first-order valence-electron chi connectivity index (χ1n) is 12.1. The summed E-state index contributed by atoms with van der Waals surface area (Å²) in [4.78, 5) is 14.3. The van der Waals surface area contributed by atoms with Crippen molar-refractivity contribution < 1.29 is 32.2 Å². The maximum atomic E-state index is 13.0. The number of benzene rings is 3. The fourth-order valence-corrected chi connectivity index (χ4v) is 4.92. The molecule has 3 aromatic carbocycles. The zero-order valence-corrected chi connectivity index (χ0v) is 21.0. The van der Waals surface area contributed by atoms with Crippen LogP contribution >= 0.6 is 0 Å². The highest BCUT2D eigenvalue weighted by molar-refractivity contribution is 5.66. The quantitative estimate of drug-likeness (QED) is 0.321. The molecule has 1 heterocycles. The van der Waals surface area contributed by atoms with Gasteiger partial charge < -0.3 is 14.2 Å². The maximum Gasteiger partial charge on any atom is 0.416 e. The minimum atomic E-state index is -4.37. The number of hydrogen-bond acceptors (Lipinski definition) is 5. The maximum absolute atomic E-state index is 13.0. The molecule has 1 aliphatic heterocycles. The van der Waals surface area contributed by atoms with E-state index in [1.807, 2.05) is 42.5 Å². The van der Waals surface area contributed by atoms with Crippen molar-refractivity contribution in [3.63, 3.8) is 0 Å². The van der Waals surface area contributed by atoms with Crippen LogP contribution < -0.4 is 9.47 Å². The molecule has 3 aromatic rings. The minimum absolute atomic E-state index is 0.185. The van der Waals surface area contributed by atoms with E-state index in [1.54, 1.807) is 14.2 Å². The van der Waals surface area contributed by atoms with E-state index in [2.05, 4.69) is 4.90 Å². The number of fused-ring (bicyclic) bond motifs is 1. The molecular formula is C29H30F3NO4. The fourth-order valence-electron chi connectivity index (χ4n) is 4.92. The van der Waals surface area contributed by atoms with Crippen LogP contribution in [-0.4, -0.2) is 31.6 Å². The van der Waals surface area contributed by atoms with Gasteiger partial charge in [-0.15, -0.1) is 0 Å². The van der Waals surface area contributed by atoms with Crippen molar-refractivity contribution >= 4 is 5.97 Å². The monoisotopic (exact) mass is 513 g/mol. The van der Waals surface area contributed by atoms with Crippen molar-refractivity contribution in [2.24, 2.45) is 0 Å². The van der Waals surface area contributed by atoms with Crippen molar-refractivity contribution in [1.82, 2.24) is 4.90 Å². The van der Waals surface area contributed by atoms with Crippen LogP contribution in [0.1, 0.15) is 53.4 Å². The summed E-state index contributed by atoms with van der Waals surface area (Å²) in [7, 11) is 3.17. The molecule has 2 atom stereocenters. The normalized spacial score (nSPS) is 16.5. The Morgan fingerprint density at radius 1 is 1.00 bits per heavy atom. The third kappa shape index (κ3) is 6.07. The lowest BCUT2D eigenvalue weighted by Gasteiger charge is -2.42. The number of methoxy groups -OCH3 is 2. The highest BCUT2D eigenvalue weighted by atomic mass is 19.4. The molecule has 0 spiro atoms. The van der Waals surface area contributed by atoms with E-state index in [0.29, 0.717) is 37.3 Å². The molecule has 196 valence electrons. The standard InChI is InChI=1S/C29H30F3NO4/c1-19(34)37-28(21-7-5-4-6-8-21)33-16-15-22-17-26(35-2)27(36-3)18-24(22)25(33)14-11-20-9-12-23(13-10-20)29(30,31)32/h4-10,12-13,17-18,25,28H,11,14-16H2,1-3H3/t25-,28?/m0/s1. The third-order valence-electron chi connectivity index (χ3n) is 6.70. The molecule has 1 aliphatic rings. The SMILES string of the molecule is COc1cc2c(cc1OC)[C@H](CCc1ccc(C(F)(F)F)cc1)N(C(OC(C)=O)c1ccccc1)CC2. The first kappa shape index (κ1) is 26.5. The molecular weight excluding hydrogens is 483 g/mol. The summed E-state index contributed by atoms with van der Waals surface area (Å²) in [5.74, 6) is 0.829. The predicted molar refractivity (Wildman–Crippen MR) is 133 cm³/mol. The number of ether oxygens (including phenoxy) is 3. The van der Waals surface area contributed by atoms with Crippen LogP contribution in [0.15, 0.2) is 66.7 Å². The topological polar surface area (TPSA) is 48.0 Å². The lowest BCUT2D eigenvalue weighted by Crippen LogP contribution is -2.40. The van der Waals surface area contributed by atoms with Crippen molar-refractivity contribution in [2.45, 2.75) is 44.6 Å². The van der Waals surface area contributed by atoms with Crippen LogP contribution in [0.5, 0.6) is 11.5 Å². The fraction of sp³-hybridized carbons (Fsp3) is 0.345. The number of rotatable bonds is 8. The van der Waals surface area contributed by atoms with Gasteiger partial charge in [0.25, 0.3) is 0 Å². The van der Waals surface area contributed by atoms with E-state index < -0.39 is 23.9 Å². The first-order chi connectivity index (χ1) is 17.7. The summed E-state index contributed by atoms with van der Waals surface area (Å²) in [5, 5.41) is 0. The largest absolute Gasteiger partial charge is 0.493 e. The van der Waals surface area contributed by atoms with E-state index >= 15 is 0 Å². The van der Waals surface area contributed by atoms with Gasteiger partial charge in [-0.2, -0.15) is 13.2 Å². The zero-order chi connectivity index (χ0) is 26.6. The Bertz CT molecular complexity index is 1210. The zero-order valence-electron chi connectivity index (χ0n) is 21.0. The Balaban J connectivity index is 1.71. The summed E-state index contributed by atoms with van der Waals surface area (Å²) >= 11 is 0. The van der Waals surface area contributed by atoms with Gasteiger partial charge in [0.2, 0.25) is 0 Å². The lowest BCUT2D eigenvalue weighted by atomic mass is 9.87. The number of carbonyl (C=O) groups excluding carboxylic acids is 1. The number of carbonyl (C=O) groups is 1. The van der Waals surface area contributed by atoms with E-state index in [1.165, 1.54) is 19.1 Å². The van der Waals surface area contributed by atoms with Crippen LogP contribution in [0.4, 0.5) is 13.2 Å². The summed E-state index contributed by atoms with van der Waals surface area (Å²) in [6.45, 7) is 2.01. The molecule has 0 radical (unpaired) electrons. The van der Waals surface area contributed by atoms with Gasteiger partial charge in [-0.3, -0.25) is 9.69 Å². The van der Waals surface area contributed by atoms with Crippen LogP contribution in [0.3, 0.4) is 0 Å². The van der Waals surface area contributed by atoms with Gasteiger partial charge in [-0.05, 0) is 60.2 Å². The van der Waals surface area contributed by atoms with Gasteiger partial charge in [0.1, 0.15) is 0 Å². The Morgan fingerprint density at radius 3 is 2.24 bits per heavy atom. The van der Waals surface area contributed by atoms with Gasteiger partial charge in [0.15, 0.2) is 17.7 Å². The molecule has 0 saturated heterocycles. The van der Waals surface area contributed by atoms with Gasteiger partial charge in [-0.25, -0.2) is 0 Å². The number of esters is 1. The van der Waals surface area contributed by atoms with Crippen LogP contribution in [0, 0.1) is 0 Å². The van der Waals surface area contributed by atoms with Gasteiger partial charge in [0.05, 0.1) is 19.8 Å². The molecule has 0 aromatic heterocycles. The van der Waals surface area contributed by atoms with Crippen molar-refractivity contribution in [2.75, 3.05) is 20.8 Å². The molecule has 0 aliphatic carbocycles. The summed E-state index contributed by atoms with van der Waals surface area (Å²) in [6, 6.07) is 18.5. The average Bonchev–Trinajstić information content (AvgIpc) is 2.89. The number of nitrogens with zero attached hydrogens (tertiary/aromatic N) is 1. The summed E-state index contributed by atoms with van der Waals surface area (Å²) < 4.78 is 56.0. The number of hydrogen-bond donors (Lipinski definition) is 0. The second-order valence-corrected chi connectivity index (χ2v) is 9.02. The molecule has 0 N–H and O–H groups in total. The first-order valence-corrected chi connectivity index (χ1v) is 12.1. The highest BCUT2D eigenvalue weighted by Gasteiger charge is 2.36. The van der Waals surface area contributed by atoms with Gasteiger partial charge >= 0.3 is 12.1 Å². The minimum Gasteiger partial charge on any atom is -0.493 e. The Hall–Kier alpha value is -3.52. The second kappa shape index (κ2) is 11.3. The Morgan fingerprint density at radius 2 is 1.65 bits per heavy atom. The number of aryl methyl sites for hydroxylation is 1. The smallest absolute Gasteiger partial charge is 0.416 e. The summed E-state index contributed by atoms with van der Waals surface area (Å²) in [5.41, 5.74) is 3.09. The van der Waals surface area contributed by atoms with Crippen molar-refractivity contribution in [1.29, 1.82) is 0 Å².